The van der Waals surface area contributed by atoms with E-state index in [0.717, 1.165) is 0 Å². The number of carboxylic acids is 1. The highest BCUT2D eigenvalue weighted by molar-refractivity contribution is 9.10. The molecule has 0 aliphatic carbocycles. The number of nitrogens with one attached hydrogen (secondary N) is 1. The van der Waals surface area contributed by atoms with Crippen LogP contribution in [0, 0.1) is 0 Å². The maximum atomic E-state index is 11.6. The Morgan fingerprint density at radius 1 is 1.41 bits per heavy atom. The first-order valence-corrected chi connectivity index (χ1v) is 5.64. The lowest BCUT2D eigenvalue weighted by atomic mass is 10.1. The van der Waals surface area contributed by atoms with E-state index in [1.807, 2.05) is 0 Å². The number of aromatic carboxylic acids is 1. The largest absolute Gasteiger partial charge is 0.478 e. The van der Waals surface area contributed by atoms with Gasteiger partial charge in [-0.1, -0.05) is 0 Å². The molecule has 0 aliphatic rings. The van der Waals surface area contributed by atoms with Crippen molar-refractivity contribution >= 4 is 33.5 Å². The lowest BCUT2D eigenvalue weighted by Crippen LogP contribution is -2.45. The highest BCUT2D eigenvalue weighted by Crippen LogP contribution is 2.24. The van der Waals surface area contributed by atoms with E-state index in [-0.39, 0.29) is 11.5 Å². The van der Waals surface area contributed by atoms with Gasteiger partial charge in [-0.15, -0.1) is 0 Å². The summed E-state index contributed by atoms with van der Waals surface area (Å²) in [4.78, 5) is 22.3. The van der Waals surface area contributed by atoms with E-state index in [4.69, 9.17) is 10.8 Å². The first kappa shape index (κ1) is 13.7. The third-order valence-electron chi connectivity index (χ3n) is 2.05. The third-order valence-corrected chi connectivity index (χ3v) is 2.71. The van der Waals surface area contributed by atoms with Crippen LogP contribution in [0.5, 0.6) is 0 Å². The SMILES string of the molecule is CC(C)(N)C(=O)Nc1ccc(C(=O)O)cc1Br. The van der Waals surface area contributed by atoms with Crippen LogP contribution >= 0.6 is 15.9 Å². The molecule has 17 heavy (non-hydrogen) atoms. The predicted octanol–water partition coefficient (Wildman–Crippen LogP) is 1.82. The number of anilines is 1. The summed E-state index contributed by atoms with van der Waals surface area (Å²) in [6.45, 7) is 3.17. The van der Waals surface area contributed by atoms with Gasteiger partial charge in [-0.25, -0.2) is 4.79 Å². The Balaban J connectivity index is 2.95. The van der Waals surface area contributed by atoms with Gasteiger partial charge in [-0.2, -0.15) is 0 Å². The van der Waals surface area contributed by atoms with E-state index < -0.39 is 11.5 Å². The highest BCUT2D eigenvalue weighted by Gasteiger charge is 2.22. The fraction of sp³-hybridized carbons (Fsp3) is 0.273. The number of benzene rings is 1. The van der Waals surface area contributed by atoms with Crippen LogP contribution in [0.25, 0.3) is 0 Å². The van der Waals surface area contributed by atoms with Gasteiger partial charge in [0.2, 0.25) is 5.91 Å². The summed E-state index contributed by atoms with van der Waals surface area (Å²) in [5.74, 6) is -1.37. The Bertz CT molecular complexity index is 466. The lowest BCUT2D eigenvalue weighted by molar-refractivity contribution is -0.120. The van der Waals surface area contributed by atoms with Gasteiger partial charge in [-0.3, -0.25) is 4.79 Å². The molecule has 0 spiro atoms. The molecule has 0 unspecified atom stereocenters. The number of amides is 1. The lowest BCUT2D eigenvalue weighted by Gasteiger charge is -2.18. The minimum atomic E-state index is -1.03. The molecule has 0 saturated carbocycles. The number of carbonyl (C=O) groups is 2. The Morgan fingerprint density at radius 3 is 2.41 bits per heavy atom. The van der Waals surface area contributed by atoms with Gasteiger partial charge in [0.25, 0.3) is 0 Å². The second-order valence-corrected chi connectivity index (χ2v) is 5.03. The molecule has 1 amide bonds. The molecule has 6 heteroatoms. The van der Waals surface area contributed by atoms with E-state index >= 15 is 0 Å². The van der Waals surface area contributed by atoms with Gasteiger partial charge >= 0.3 is 5.97 Å². The summed E-state index contributed by atoms with van der Waals surface area (Å²) in [7, 11) is 0. The number of hydrogen-bond donors (Lipinski definition) is 3. The van der Waals surface area contributed by atoms with Crippen molar-refractivity contribution in [2.75, 3.05) is 5.32 Å². The molecular formula is C11H13BrN2O3. The van der Waals surface area contributed by atoms with Gasteiger partial charge in [0.1, 0.15) is 0 Å². The summed E-state index contributed by atoms with van der Waals surface area (Å²) in [5.41, 5.74) is 5.26. The molecule has 0 radical (unpaired) electrons. The molecule has 4 N–H and O–H groups in total. The molecule has 1 aromatic rings. The van der Waals surface area contributed by atoms with Gasteiger partial charge in [0.15, 0.2) is 0 Å². The molecule has 0 saturated heterocycles. The van der Waals surface area contributed by atoms with Crippen LogP contribution in [0.4, 0.5) is 5.69 Å². The molecule has 5 nitrogen and oxygen atoms in total. The first-order chi connectivity index (χ1) is 7.71. The van der Waals surface area contributed by atoms with Crippen molar-refractivity contribution in [1.29, 1.82) is 0 Å². The van der Waals surface area contributed by atoms with Crippen molar-refractivity contribution in [3.05, 3.63) is 28.2 Å². The zero-order chi connectivity index (χ0) is 13.2. The molecular weight excluding hydrogens is 288 g/mol. The van der Waals surface area contributed by atoms with Crippen molar-refractivity contribution in [1.82, 2.24) is 0 Å². The summed E-state index contributed by atoms with van der Waals surface area (Å²) in [5, 5.41) is 11.4. The van der Waals surface area contributed by atoms with Crippen molar-refractivity contribution in [3.8, 4) is 0 Å². The Morgan fingerprint density at radius 2 is 2.00 bits per heavy atom. The number of nitrogens with two attached hydrogens (primary N) is 1. The van der Waals surface area contributed by atoms with E-state index in [1.54, 1.807) is 13.8 Å². The Hall–Kier alpha value is -1.40. The van der Waals surface area contributed by atoms with Crippen molar-refractivity contribution in [2.24, 2.45) is 5.73 Å². The topological polar surface area (TPSA) is 92.4 Å². The summed E-state index contributed by atoms with van der Waals surface area (Å²) in [6.07, 6.45) is 0. The minimum absolute atomic E-state index is 0.141. The minimum Gasteiger partial charge on any atom is -0.478 e. The van der Waals surface area contributed by atoms with Crippen molar-refractivity contribution in [2.45, 2.75) is 19.4 Å². The van der Waals surface area contributed by atoms with Crippen LogP contribution in [-0.4, -0.2) is 22.5 Å². The average molecular weight is 301 g/mol. The molecule has 1 aromatic carbocycles. The second-order valence-electron chi connectivity index (χ2n) is 4.18. The molecule has 0 fully saturated rings. The fourth-order valence-corrected chi connectivity index (χ4v) is 1.51. The predicted molar refractivity (Wildman–Crippen MR) is 68.0 cm³/mol. The summed E-state index contributed by atoms with van der Waals surface area (Å²) >= 11 is 3.19. The molecule has 0 aromatic heterocycles. The van der Waals surface area contributed by atoms with Gasteiger partial charge < -0.3 is 16.2 Å². The number of carboxylic acid groups (broad SMARTS) is 1. The summed E-state index contributed by atoms with van der Waals surface area (Å²) in [6, 6.07) is 4.34. The van der Waals surface area contributed by atoms with E-state index in [9.17, 15) is 9.59 Å². The number of halogens is 1. The highest BCUT2D eigenvalue weighted by atomic mass is 79.9. The fourth-order valence-electron chi connectivity index (χ4n) is 1.03. The van der Waals surface area contributed by atoms with Crippen molar-refractivity contribution < 1.29 is 14.7 Å². The number of carbonyl (C=O) groups excluding carboxylic acids is 1. The molecule has 0 atom stereocenters. The zero-order valence-electron chi connectivity index (χ0n) is 9.45. The molecule has 0 heterocycles. The second kappa shape index (κ2) is 4.85. The smallest absolute Gasteiger partial charge is 0.335 e. The first-order valence-electron chi connectivity index (χ1n) is 4.85. The quantitative estimate of drug-likeness (QED) is 0.794. The Labute approximate surface area is 107 Å². The monoisotopic (exact) mass is 300 g/mol. The van der Waals surface area contributed by atoms with E-state index in [2.05, 4.69) is 21.2 Å². The molecule has 92 valence electrons. The van der Waals surface area contributed by atoms with Crippen LogP contribution in [0.3, 0.4) is 0 Å². The molecule has 0 bridgehead atoms. The van der Waals surface area contributed by atoms with E-state index in [1.165, 1.54) is 18.2 Å². The number of rotatable bonds is 3. The summed E-state index contributed by atoms with van der Waals surface area (Å²) < 4.78 is 0.495. The molecule has 0 aliphatic heterocycles. The van der Waals surface area contributed by atoms with Crippen LogP contribution in [-0.2, 0) is 4.79 Å². The Kier molecular flexibility index (Phi) is 3.90. The van der Waals surface area contributed by atoms with Crippen LogP contribution in [0.15, 0.2) is 22.7 Å². The van der Waals surface area contributed by atoms with E-state index in [0.29, 0.717) is 10.2 Å². The van der Waals surface area contributed by atoms with Crippen LogP contribution < -0.4 is 11.1 Å². The standard InChI is InChI=1S/C11H13BrN2O3/c1-11(2,13)10(17)14-8-4-3-6(9(15)16)5-7(8)12/h3-5H,13H2,1-2H3,(H,14,17)(H,15,16). The normalized spacial score (nSPS) is 11.1. The zero-order valence-corrected chi connectivity index (χ0v) is 11.0. The average Bonchev–Trinajstić information content (AvgIpc) is 2.19. The third kappa shape index (κ3) is 3.54. The maximum absolute atomic E-state index is 11.6. The van der Waals surface area contributed by atoms with Crippen LogP contribution in [0.2, 0.25) is 0 Å². The van der Waals surface area contributed by atoms with Gasteiger partial charge in [0, 0.05) is 4.47 Å². The van der Waals surface area contributed by atoms with Crippen molar-refractivity contribution in [3.63, 3.8) is 0 Å². The van der Waals surface area contributed by atoms with Crippen LogP contribution in [0.1, 0.15) is 24.2 Å². The van der Waals surface area contributed by atoms with Gasteiger partial charge in [-0.05, 0) is 48.0 Å². The number of hydrogen-bond acceptors (Lipinski definition) is 3. The maximum Gasteiger partial charge on any atom is 0.335 e. The molecule has 1 rings (SSSR count). The van der Waals surface area contributed by atoms with Gasteiger partial charge in [0.05, 0.1) is 16.8 Å².